The maximum absolute atomic E-state index is 12.7. The normalized spacial score (nSPS) is 11.4. The number of nitrogens with one attached hydrogen (secondary N) is 2. The Balaban J connectivity index is 1.45. The van der Waals surface area contributed by atoms with Crippen molar-refractivity contribution in [1.29, 1.82) is 0 Å². The van der Waals surface area contributed by atoms with Crippen LogP contribution in [-0.4, -0.2) is 23.0 Å². The second-order valence-electron chi connectivity index (χ2n) is 8.49. The van der Waals surface area contributed by atoms with E-state index in [9.17, 15) is 4.79 Å². The van der Waals surface area contributed by atoms with Crippen molar-refractivity contribution in [3.63, 3.8) is 0 Å². The molecule has 4 rings (SSSR count). The third kappa shape index (κ3) is 4.89. The van der Waals surface area contributed by atoms with Gasteiger partial charge >= 0.3 is 0 Å². The van der Waals surface area contributed by atoms with Crippen molar-refractivity contribution in [3.05, 3.63) is 76.9 Å². The number of carbonyl (C=O) groups excluding carboxylic acids is 1. The fourth-order valence-electron chi connectivity index (χ4n) is 3.31. The smallest absolute Gasteiger partial charge is 0.255 e. The van der Waals surface area contributed by atoms with Crippen LogP contribution in [0.15, 0.2) is 60.8 Å². The van der Waals surface area contributed by atoms with E-state index >= 15 is 0 Å². The lowest BCUT2D eigenvalue weighted by atomic mass is 9.87. The SMILES string of the molecule is COc1ncccc1NCc1nc2cc(NC(=O)c3ccc(C(C)(C)C)cc3)ccc2s1. The van der Waals surface area contributed by atoms with Crippen LogP contribution in [0, 0.1) is 0 Å². The highest BCUT2D eigenvalue weighted by Crippen LogP contribution is 2.27. The van der Waals surface area contributed by atoms with Crippen LogP contribution in [0.4, 0.5) is 11.4 Å². The van der Waals surface area contributed by atoms with Gasteiger partial charge < -0.3 is 15.4 Å². The van der Waals surface area contributed by atoms with Crippen molar-refractivity contribution >= 4 is 38.8 Å². The summed E-state index contributed by atoms with van der Waals surface area (Å²) in [5.41, 5.74) is 4.28. The highest BCUT2D eigenvalue weighted by atomic mass is 32.1. The van der Waals surface area contributed by atoms with E-state index in [2.05, 4.69) is 36.4 Å². The number of anilines is 2. The molecule has 0 aliphatic heterocycles. The average Bonchev–Trinajstić information content (AvgIpc) is 3.19. The summed E-state index contributed by atoms with van der Waals surface area (Å²) in [5, 5.41) is 7.23. The number of amides is 1. The summed E-state index contributed by atoms with van der Waals surface area (Å²) in [6.45, 7) is 7.02. The van der Waals surface area contributed by atoms with Crippen molar-refractivity contribution in [3.8, 4) is 5.88 Å². The molecule has 1 amide bonds. The van der Waals surface area contributed by atoms with Crippen LogP contribution >= 0.6 is 11.3 Å². The molecule has 2 heterocycles. The minimum Gasteiger partial charge on any atom is -0.480 e. The van der Waals surface area contributed by atoms with E-state index in [1.54, 1.807) is 24.6 Å². The number of methoxy groups -OCH3 is 1. The summed E-state index contributed by atoms with van der Waals surface area (Å²) < 4.78 is 6.34. The predicted molar refractivity (Wildman–Crippen MR) is 131 cm³/mol. The number of hydrogen-bond donors (Lipinski definition) is 2. The predicted octanol–water partition coefficient (Wildman–Crippen LogP) is 5.86. The molecule has 4 aromatic rings. The topological polar surface area (TPSA) is 76.1 Å². The molecule has 2 aromatic heterocycles. The van der Waals surface area contributed by atoms with Crippen LogP contribution < -0.4 is 15.4 Å². The zero-order valence-corrected chi connectivity index (χ0v) is 19.4. The number of benzene rings is 2. The number of ether oxygens (including phenoxy) is 1. The molecule has 32 heavy (non-hydrogen) atoms. The summed E-state index contributed by atoms with van der Waals surface area (Å²) in [6.07, 6.45) is 1.69. The lowest BCUT2D eigenvalue weighted by Crippen LogP contribution is -2.14. The van der Waals surface area contributed by atoms with Crippen LogP contribution in [-0.2, 0) is 12.0 Å². The Morgan fingerprint density at radius 1 is 1.09 bits per heavy atom. The molecule has 0 aliphatic rings. The molecule has 0 atom stereocenters. The molecule has 6 nitrogen and oxygen atoms in total. The quantitative estimate of drug-likeness (QED) is 0.388. The molecular weight excluding hydrogens is 420 g/mol. The highest BCUT2D eigenvalue weighted by Gasteiger charge is 2.15. The third-order valence-corrected chi connectivity index (χ3v) is 6.13. The van der Waals surface area contributed by atoms with Gasteiger partial charge in [0.05, 0.1) is 29.6 Å². The van der Waals surface area contributed by atoms with Crippen LogP contribution in [0.3, 0.4) is 0 Å². The number of aromatic nitrogens is 2. The third-order valence-electron chi connectivity index (χ3n) is 5.10. The van der Waals surface area contributed by atoms with Gasteiger partial charge in [-0.1, -0.05) is 32.9 Å². The lowest BCUT2D eigenvalue weighted by Gasteiger charge is -2.19. The molecule has 2 aromatic carbocycles. The first-order valence-corrected chi connectivity index (χ1v) is 11.2. The van der Waals surface area contributed by atoms with Gasteiger partial charge in [-0.05, 0) is 53.4 Å². The van der Waals surface area contributed by atoms with Gasteiger partial charge in [0.15, 0.2) is 0 Å². The molecule has 0 aliphatic carbocycles. The van der Waals surface area contributed by atoms with Crippen LogP contribution in [0.25, 0.3) is 10.2 Å². The van der Waals surface area contributed by atoms with Gasteiger partial charge in [-0.15, -0.1) is 11.3 Å². The summed E-state index contributed by atoms with van der Waals surface area (Å²) in [5.74, 6) is 0.416. The van der Waals surface area contributed by atoms with E-state index in [0.29, 0.717) is 18.0 Å². The molecule has 0 saturated carbocycles. The molecule has 0 saturated heterocycles. The number of rotatable bonds is 6. The van der Waals surface area contributed by atoms with Gasteiger partial charge in [0.2, 0.25) is 5.88 Å². The molecular formula is C25H26N4O2S. The molecule has 164 valence electrons. The second kappa shape index (κ2) is 8.96. The van der Waals surface area contributed by atoms with E-state index < -0.39 is 0 Å². The summed E-state index contributed by atoms with van der Waals surface area (Å²) in [6, 6.07) is 17.3. The van der Waals surface area contributed by atoms with Gasteiger partial charge in [0.25, 0.3) is 5.91 Å². The van der Waals surface area contributed by atoms with Crippen molar-refractivity contribution in [1.82, 2.24) is 9.97 Å². The van der Waals surface area contributed by atoms with Crippen molar-refractivity contribution in [2.45, 2.75) is 32.7 Å². The molecule has 0 unspecified atom stereocenters. The Hall–Kier alpha value is -3.45. The fourth-order valence-corrected chi connectivity index (χ4v) is 4.20. The Bertz CT molecular complexity index is 1240. The molecule has 7 heteroatoms. The van der Waals surface area contributed by atoms with E-state index in [-0.39, 0.29) is 11.3 Å². The summed E-state index contributed by atoms with van der Waals surface area (Å²) in [7, 11) is 1.60. The molecule has 0 radical (unpaired) electrons. The lowest BCUT2D eigenvalue weighted by molar-refractivity contribution is 0.102. The summed E-state index contributed by atoms with van der Waals surface area (Å²) >= 11 is 1.61. The molecule has 2 N–H and O–H groups in total. The monoisotopic (exact) mass is 446 g/mol. The number of carbonyl (C=O) groups is 1. The van der Waals surface area contributed by atoms with Gasteiger partial charge in [0, 0.05) is 17.4 Å². The highest BCUT2D eigenvalue weighted by molar-refractivity contribution is 7.18. The van der Waals surface area contributed by atoms with E-state index in [0.717, 1.165) is 26.6 Å². The Labute approximate surface area is 191 Å². The minimum absolute atomic E-state index is 0.0549. The van der Waals surface area contributed by atoms with E-state index in [4.69, 9.17) is 9.72 Å². The Kier molecular flexibility index (Phi) is 6.10. The first-order valence-electron chi connectivity index (χ1n) is 10.4. The average molecular weight is 447 g/mol. The van der Waals surface area contributed by atoms with E-state index in [1.165, 1.54) is 5.56 Å². The zero-order valence-electron chi connectivity index (χ0n) is 18.6. The fraction of sp³-hybridized carbons (Fsp3) is 0.240. The van der Waals surface area contributed by atoms with Crippen molar-refractivity contribution in [2.75, 3.05) is 17.7 Å². The molecule has 0 bridgehead atoms. The van der Waals surface area contributed by atoms with Crippen LogP contribution in [0.2, 0.25) is 0 Å². The maximum Gasteiger partial charge on any atom is 0.255 e. The van der Waals surface area contributed by atoms with Crippen molar-refractivity contribution in [2.24, 2.45) is 0 Å². The Morgan fingerprint density at radius 2 is 1.88 bits per heavy atom. The largest absolute Gasteiger partial charge is 0.480 e. The van der Waals surface area contributed by atoms with E-state index in [1.807, 2.05) is 54.6 Å². The number of hydrogen-bond acceptors (Lipinski definition) is 6. The molecule has 0 spiro atoms. The number of pyridine rings is 1. The first-order chi connectivity index (χ1) is 15.3. The van der Waals surface area contributed by atoms with Crippen molar-refractivity contribution < 1.29 is 9.53 Å². The first kappa shape index (κ1) is 21.8. The standard InChI is InChI=1S/C25H26N4O2S/c1-25(2,3)17-9-7-16(8-10-17)23(30)28-18-11-12-21-20(14-18)29-22(32-21)15-27-19-6-5-13-26-24(19)31-4/h5-14,27H,15H2,1-4H3,(H,28,30). The van der Waals surface area contributed by atoms with Gasteiger partial charge in [0.1, 0.15) is 5.01 Å². The number of nitrogens with zero attached hydrogens (tertiary/aromatic N) is 2. The van der Waals surface area contributed by atoms with Gasteiger partial charge in [-0.3, -0.25) is 4.79 Å². The van der Waals surface area contributed by atoms with Gasteiger partial charge in [-0.2, -0.15) is 0 Å². The molecule has 0 fully saturated rings. The van der Waals surface area contributed by atoms with Gasteiger partial charge in [-0.25, -0.2) is 9.97 Å². The number of fused-ring (bicyclic) bond motifs is 1. The Morgan fingerprint density at radius 3 is 2.59 bits per heavy atom. The number of thiazole rings is 1. The zero-order chi connectivity index (χ0) is 22.7. The minimum atomic E-state index is -0.134. The second-order valence-corrected chi connectivity index (χ2v) is 9.60. The van der Waals surface area contributed by atoms with Crippen LogP contribution in [0.1, 0.15) is 41.7 Å². The summed E-state index contributed by atoms with van der Waals surface area (Å²) in [4.78, 5) is 21.6. The van der Waals surface area contributed by atoms with Crippen LogP contribution in [0.5, 0.6) is 5.88 Å². The maximum atomic E-state index is 12.7.